The topological polar surface area (TPSA) is 64.7 Å². The van der Waals surface area contributed by atoms with Crippen molar-refractivity contribution in [2.24, 2.45) is 0 Å². The van der Waals surface area contributed by atoms with E-state index >= 15 is 0 Å². The Balaban J connectivity index is 0.954. The van der Waals surface area contributed by atoms with E-state index in [1.165, 1.54) is 33.0 Å². The van der Waals surface area contributed by atoms with E-state index in [-0.39, 0.29) is 0 Å². The smallest absolute Gasteiger partial charge is 0.164 e. The molecular formula is C52H30N4O. The Kier molecular flexibility index (Phi) is 6.86. The van der Waals surface area contributed by atoms with E-state index in [4.69, 9.17) is 19.4 Å². The molecule has 57 heavy (non-hydrogen) atoms. The van der Waals surface area contributed by atoms with Gasteiger partial charge in [-0.1, -0.05) is 133 Å². The van der Waals surface area contributed by atoms with Gasteiger partial charge in [0.15, 0.2) is 17.5 Å². The van der Waals surface area contributed by atoms with E-state index in [0.717, 1.165) is 71.7 Å². The van der Waals surface area contributed by atoms with Gasteiger partial charge in [0.2, 0.25) is 0 Å². The quantitative estimate of drug-likeness (QED) is 0.177. The second-order valence-corrected chi connectivity index (χ2v) is 14.6. The minimum absolute atomic E-state index is 0.624. The molecule has 12 rings (SSSR count). The number of hydrogen-bond acceptors (Lipinski definition) is 5. The van der Waals surface area contributed by atoms with E-state index in [2.05, 4.69) is 126 Å². The number of hydrogen-bond donors (Lipinski definition) is 0. The summed E-state index contributed by atoms with van der Waals surface area (Å²) in [7, 11) is 0. The molecule has 0 saturated heterocycles. The van der Waals surface area contributed by atoms with Crippen LogP contribution in [-0.4, -0.2) is 19.9 Å². The van der Waals surface area contributed by atoms with E-state index in [9.17, 15) is 0 Å². The van der Waals surface area contributed by atoms with E-state index in [0.29, 0.717) is 17.5 Å². The summed E-state index contributed by atoms with van der Waals surface area (Å²) in [5, 5.41) is 7.01. The van der Waals surface area contributed by atoms with Gasteiger partial charge in [0.25, 0.3) is 0 Å². The lowest BCUT2D eigenvalue weighted by atomic mass is 9.94. The van der Waals surface area contributed by atoms with Crippen LogP contribution in [0, 0.1) is 0 Å². The van der Waals surface area contributed by atoms with E-state index < -0.39 is 0 Å². The van der Waals surface area contributed by atoms with Crippen LogP contribution >= 0.6 is 0 Å². The van der Waals surface area contributed by atoms with Crippen LogP contribution in [0.4, 0.5) is 0 Å². The summed E-state index contributed by atoms with van der Waals surface area (Å²) in [5.41, 5.74) is 14.1. The van der Waals surface area contributed by atoms with Crippen molar-refractivity contribution in [3.8, 4) is 78.7 Å². The molecule has 0 N–H and O–H groups in total. The van der Waals surface area contributed by atoms with Gasteiger partial charge in [0.1, 0.15) is 11.2 Å². The van der Waals surface area contributed by atoms with Gasteiger partial charge in [0, 0.05) is 45.4 Å². The van der Waals surface area contributed by atoms with Gasteiger partial charge >= 0.3 is 0 Å². The molecule has 1 aliphatic carbocycles. The van der Waals surface area contributed by atoms with Crippen LogP contribution in [0.5, 0.6) is 0 Å². The van der Waals surface area contributed by atoms with Crippen molar-refractivity contribution in [1.82, 2.24) is 19.9 Å². The van der Waals surface area contributed by atoms with Gasteiger partial charge in [-0.3, -0.25) is 4.98 Å². The molecule has 0 saturated carbocycles. The standard InChI is InChI=1S/C52H30N4O/c1-2-9-32(10-3-1)50-54-51(33-21-19-31(20-22-33)37-28-35-12-7-15-41-40-25-26-53-30-45(40)44(29-37)48(35)41)56-52(55-50)36-23-24-38-34(27-36)11-6-14-39(38)42-16-8-18-47-49(42)43-13-4-5-17-46(43)57-47/h1-30H. The maximum atomic E-state index is 6.24. The van der Waals surface area contributed by atoms with Gasteiger partial charge in [-0.2, -0.15) is 0 Å². The number of nitrogens with zero attached hydrogens (tertiary/aromatic N) is 4. The predicted octanol–water partition coefficient (Wildman–Crippen LogP) is 13.5. The molecule has 11 aromatic rings. The van der Waals surface area contributed by atoms with Gasteiger partial charge in [-0.15, -0.1) is 0 Å². The summed E-state index contributed by atoms with van der Waals surface area (Å²) in [6, 6.07) is 59.5. The molecule has 8 aromatic carbocycles. The van der Waals surface area contributed by atoms with Crippen molar-refractivity contribution in [2.45, 2.75) is 0 Å². The molecule has 5 heteroatoms. The molecule has 0 spiro atoms. The molecule has 264 valence electrons. The average molecular weight is 727 g/mol. The third-order valence-corrected chi connectivity index (χ3v) is 11.4. The summed E-state index contributed by atoms with van der Waals surface area (Å²) in [5.74, 6) is 1.88. The highest BCUT2D eigenvalue weighted by Gasteiger charge is 2.22. The molecule has 1 aliphatic rings. The van der Waals surface area contributed by atoms with Crippen LogP contribution < -0.4 is 0 Å². The second kappa shape index (κ2) is 12.4. The van der Waals surface area contributed by atoms with E-state index in [1.54, 1.807) is 0 Å². The van der Waals surface area contributed by atoms with Crippen molar-refractivity contribution in [3.05, 3.63) is 182 Å². The Hall–Kier alpha value is -7.76. The number of pyridine rings is 1. The fraction of sp³-hybridized carbons (Fsp3) is 0. The van der Waals surface area contributed by atoms with Crippen LogP contribution in [-0.2, 0) is 0 Å². The van der Waals surface area contributed by atoms with Crippen LogP contribution in [0.15, 0.2) is 187 Å². The summed E-state index contributed by atoms with van der Waals surface area (Å²) in [6.45, 7) is 0. The molecule has 0 aliphatic heterocycles. The Bertz CT molecular complexity index is 3400. The number of rotatable bonds is 5. The molecule has 0 unspecified atom stereocenters. The van der Waals surface area contributed by atoms with Crippen molar-refractivity contribution >= 4 is 43.5 Å². The molecule has 0 fully saturated rings. The predicted molar refractivity (Wildman–Crippen MR) is 232 cm³/mol. The lowest BCUT2D eigenvalue weighted by Crippen LogP contribution is -2.00. The SMILES string of the molecule is c1ccc(-c2nc(-c3ccc(-c4cc5c6c(cccc6c4)-c4ccncc4-5)cc3)nc(-c3ccc4c(-c5cccc6oc7ccccc7c56)cccc4c3)n2)cc1. The van der Waals surface area contributed by atoms with Crippen LogP contribution in [0.2, 0.25) is 0 Å². The van der Waals surface area contributed by atoms with Crippen LogP contribution in [0.1, 0.15) is 0 Å². The van der Waals surface area contributed by atoms with Gasteiger partial charge in [-0.25, -0.2) is 15.0 Å². The Morgan fingerprint density at radius 3 is 1.81 bits per heavy atom. The van der Waals surface area contributed by atoms with Crippen molar-refractivity contribution < 1.29 is 4.42 Å². The van der Waals surface area contributed by atoms with Gasteiger partial charge in [0.05, 0.1) is 0 Å². The van der Waals surface area contributed by atoms with Crippen molar-refractivity contribution in [3.63, 3.8) is 0 Å². The number of aromatic nitrogens is 4. The highest BCUT2D eigenvalue weighted by molar-refractivity contribution is 6.17. The fourth-order valence-electron chi connectivity index (χ4n) is 8.69. The highest BCUT2D eigenvalue weighted by Crippen LogP contribution is 2.48. The largest absolute Gasteiger partial charge is 0.456 e. The zero-order chi connectivity index (χ0) is 37.5. The molecule has 0 amide bonds. The normalized spacial score (nSPS) is 11.9. The zero-order valence-corrected chi connectivity index (χ0v) is 30.5. The molecule has 0 bridgehead atoms. The average Bonchev–Trinajstić information content (AvgIpc) is 3.83. The molecule has 0 atom stereocenters. The molecule has 3 aromatic heterocycles. The third kappa shape index (κ3) is 5.03. The molecular weight excluding hydrogens is 697 g/mol. The molecule has 3 heterocycles. The number of fused-ring (bicyclic) bond motifs is 7. The maximum absolute atomic E-state index is 6.24. The lowest BCUT2D eigenvalue weighted by molar-refractivity contribution is 0.669. The first-order chi connectivity index (χ1) is 28.2. The second-order valence-electron chi connectivity index (χ2n) is 14.6. The van der Waals surface area contributed by atoms with Crippen molar-refractivity contribution in [1.29, 1.82) is 0 Å². The molecule has 5 nitrogen and oxygen atoms in total. The van der Waals surface area contributed by atoms with Crippen molar-refractivity contribution in [2.75, 3.05) is 0 Å². The number of para-hydroxylation sites is 1. The minimum atomic E-state index is 0.624. The summed E-state index contributed by atoms with van der Waals surface area (Å²) in [4.78, 5) is 19.7. The first-order valence-corrected chi connectivity index (χ1v) is 19.1. The minimum Gasteiger partial charge on any atom is -0.456 e. The Labute approximate surface area is 327 Å². The van der Waals surface area contributed by atoms with Crippen LogP contribution in [0.25, 0.3) is 122 Å². The number of benzene rings is 8. The first kappa shape index (κ1) is 31.6. The fourth-order valence-corrected chi connectivity index (χ4v) is 8.69. The number of furan rings is 1. The maximum Gasteiger partial charge on any atom is 0.164 e. The Morgan fingerprint density at radius 2 is 0.965 bits per heavy atom. The van der Waals surface area contributed by atoms with Gasteiger partial charge < -0.3 is 4.42 Å². The van der Waals surface area contributed by atoms with Crippen LogP contribution in [0.3, 0.4) is 0 Å². The molecule has 0 radical (unpaired) electrons. The monoisotopic (exact) mass is 726 g/mol. The Morgan fingerprint density at radius 1 is 0.333 bits per heavy atom. The summed E-state index contributed by atoms with van der Waals surface area (Å²) >= 11 is 0. The first-order valence-electron chi connectivity index (χ1n) is 19.1. The summed E-state index contributed by atoms with van der Waals surface area (Å²) in [6.07, 6.45) is 3.86. The third-order valence-electron chi connectivity index (χ3n) is 11.4. The summed E-state index contributed by atoms with van der Waals surface area (Å²) < 4.78 is 6.24. The lowest BCUT2D eigenvalue weighted by Gasteiger charge is -2.12. The zero-order valence-electron chi connectivity index (χ0n) is 30.5. The van der Waals surface area contributed by atoms with E-state index in [1.807, 2.05) is 60.9 Å². The van der Waals surface area contributed by atoms with Gasteiger partial charge in [-0.05, 0) is 96.9 Å². The highest BCUT2D eigenvalue weighted by atomic mass is 16.3.